The van der Waals surface area contributed by atoms with Crippen LogP contribution in [0.3, 0.4) is 0 Å². The van der Waals surface area contributed by atoms with Crippen molar-refractivity contribution in [3.05, 3.63) is 48.7 Å². The highest BCUT2D eigenvalue weighted by atomic mass is 19.1. The predicted molar refractivity (Wildman–Crippen MR) is 72.8 cm³/mol. The Kier molecular flexibility index (Phi) is 3.88. The van der Waals surface area contributed by atoms with Crippen LogP contribution in [-0.2, 0) is 4.79 Å². The standard InChI is InChI=1S/C15H17FN2O2/c1-15(2,3)13(19)14(18-9-4-5-10-18)20-12-8-6-7-11(16)17-12/h4-10,14H,1-3H3. The zero-order valence-corrected chi connectivity index (χ0v) is 11.7. The van der Waals surface area contributed by atoms with Gasteiger partial charge in [0.1, 0.15) is 0 Å². The van der Waals surface area contributed by atoms with Gasteiger partial charge >= 0.3 is 0 Å². The lowest BCUT2D eigenvalue weighted by Crippen LogP contribution is -2.33. The van der Waals surface area contributed by atoms with Crippen LogP contribution in [0.4, 0.5) is 4.39 Å². The van der Waals surface area contributed by atoms with Crippen molar-refractivity contribution >= 4 is 5.78 Å². The van der Waals surface area contributed by atoms with Gasteiger partial charge in [-0.2, -0.15) is 9.37 Å². The van der Waals surface area contributed by atoms with Crippen LogP contribution < -0.4 is 4.74 Å². The van der Waals surface area contributed by atoms with E-state index in [4.69, 9.17) is 4.74 Å². The van der Waals surface area contributed by atoms with Gasteiger partial charge in [-0.05, 0) is 18.2 Å². The van der Waals surface area contributed by atoms with Gasteiger partial charge in [-0.1, -0.05) is 26.8 Å². The van der Waals surface area contributed by atoms with Crippen molar-refractivity contribution in [1.82, 2.24) is 9.55 Å². The van der Waals surface area contributed by atoms with Gasteiger partial charge in [-0.3, -0.25) is 4.79 Å². The number of halogens is 1. The zero-order valence-electron chi connectivity index (χ0n) is 11.7. The van der Waals surface area contributed by atoms with Gasteiger partial charge in [-0.25, -0.2) is 0 Å². The van der Waals surface area contributed by atoms with E-state index in [1.807, 2.05) is 20.8 Å². The second-order valence-electron chi connectivity index (χ2n) is 5.51. The number of ketones is 1. The second kappa shape index (κ2) is 5.45. The summed E-state index contributed by atoms with van der Waals surface area (Å²) in [5.41, 5.74) is -0.581. The number of Topliss-reactive ketones (excluding diaryl/α,β-unsaturated/α-hetero) is 1. The topological polar surface area (TPSA) is 44.1 Å². The highest BCUT2D eigenvalue weighted by molar-refractivity contribution is 5.86. The van der Waals surface area contributed by atoms with Crippen molar-refractivity contribution in [3.63, 3.8) is 0 Å². The summed E-state index contributed by atoms with van der Waals surface area (Å²) in [4.78, 5) is 16.1. The first-order valence-electron chi connectivity index (χ1n) is 6.34. The van der Waals surface area contributed by atoms with Crippen molar-refractivity contribution < 1.29 is 13.9 Å². The quantitative estimate of drug-likeness (QED) is 0.805. The van der Waals surface area contributed by atoms with E-state index in [0.717, 1.165) is 0 Å². The number of ether oxygens (including phenoxy) is 1. The van der Waals surface area contributed by atoms with Crippen LogP contribution in [0.1, 0.15) is 27.0 Å². The van der Waals surface area contributed by atoms with Crippen LogP contribution in [0, 0.1) is 11.4 Å². The number of rotatable bonds is 4. The van der Waals surface area contributed by atoms with Crippen LogP contribution in [0.5, 0.6) is 5.88 Å². The minimum atomic E-state index is -0.862. The van der Waals surface area contributed by atoms with Gasteiger partial charge < -0.3 is 9.30 Å². The molecular formula is C15H17FN2O2. The van der Waals surface area contributed by atoms with E-state index in [-0.39, 0.29) is 11.7 Å². The number of pyridine rings is 1. The van der Waals surface area contributed by atoms with E-state index in [1.54, 1.807) is 29.1 Å². The van der Waals surface area contributed by atoms with Gasteiger partial charge in [0.05, 0.1) is 0 Å². The molecule has 2 aromatic heterocycles. The van der Waals surface area contributed by atoms with Crippen molar-refractivity contribution in [2.75, 3.05) is 0 Å². The number of carbonyl (C=O) groups excluding carboxylic acids is 1. The Morgan fingerprint density at radius 2 is 1.90 bits per heavy atom. The lowest BCUT2D eigenvalue weighted by Gasteiger charge is -2.25. The summed E-state index contributed by atoms with van der Waals surface area (Å²) in [7, 11) is 0. The molecule has 0 bridgehead atoms. The molecule has 2 heterocycles. The minimum Gasteiger partial charge on any atom is -0.446 e. The molecule has 1 atom stereocenters. The molecule has 106 valence electrons. The van der Waals surface area contributed by atoms with E-state index in [0.29, 0.717) is 0 Å². The van der Waals surface area contributed by atoms with Gasteiger partial charge in [0.2, 0.25) is 18.1 Å². The fourth-order valence-electron chi connectivity index (χ4n) is 1.69. The molecule has 20 heavy (non-hydrogen) atoms. The summed E-state index contributed by atoms with van der Waals surface area (Å²) in [5.74, 6) is -0.668. The summed E-state index contributed by atoms with van der Waals surface area (Å²) in [6.45, 7) is 5.44. The number of aromatic nitrogens is 2. The summed E-state index contributed by atoms with van der Waals surface area (Å²) in [6, 6.07) is 7.83. The Labute approximate surface area is 117 Å². The summed E-state index contributed by atoms with van der Waals surface area (Å²) < 4.78 is 20.3. The van der Waals surface area contributed by atoms with Crippen molar-refractivity contribution in [2.45, 2.75) is 27.0 Å². The highest BCUT2D eigenvalue weighted by Crippen LogP contribution is 2.26. The molecule has 1 unspecified atom stereocenters. The third-order valence-electron chi connectivity index (χ3n) is 2.78. The predicted octanol–water partition coefficient (Wildman–Crippen LogP) is 3.22. The Morgan fingerprint density at radius 1 is 1.25 bits per heavy atom. The van der Waals surface area contributed by atoms with Crippen molar-refractivity contribution in [2.24, 2.45) is 5.41 Å². The average molecular weight is 276 g/mol. The van der Waals surface area contributed by atoms with Gasteiger partial charge in [0.15, 0.2) is 5.78 Å². The maximum Gasteiger partial charge on any atom is 0.237 e. The Hall–Kier alpha value is -2.17. The number of hydrogen-bond donors (Lipinski definition) is 0. The number of hydrogen-bond acceptors (Lipinski definition) is 3. The normalized spacial score (nSPS) is 13.0. The number of nitrogens with zero attached hydrogens (tertiary/aromatic N) is 2. The van der Waals surface area contributed by atoms with Crippen molar-refractivity contribution in [3.8, 4) is 5.88 Å². The van der Waals surface area contributed by atoms with E-state index < -0.39 is 17.6 Å². The Balaban J connectivity index is 2.31. The van der Waals surface area contributed by atoms with E-state index in [2.05, 4.69) is 4.98 Å². The third kappa shape index (κ3) is 3.23. The minimum absolute atomic E-state index is 0.0845. The smallest absolute Gasteiger partial charge is 0.237 e. The second-order valence-corrected chi connectivity index (χ2v) is 5.51. The molecule has 2 aromatic rings. The molecule has 0 aliphatic carbocycles. The molecule has 0 fully saturated rings. The van der Waals surface area contributed by atoms with E-state index in [1.165, 1.54) is 18.2 Å². The molecule has 0 aliphatic heterocycles. The lowest BCUT2D eigenvalue weighted by atomic mass is 9.89. The van der Waals surface area contributed by atoms with Crippen LogP contribution in [-0.4, -0.2) is 15.3 Å². The molecule has 4 nitrogen and oxygen atoms in total. The Bertz CT molecular complexity index is 588. The van der Waals surface area contributed by atoms with Gasteiger partial charge in [0, 0.05) is 23.9 Å². The molecule has 2 rings (SSSR count). The molecular weight excluding hydrogens is 259 g/mol. The molecule has 0 N–H and O–H groups in total. The molecule has 0 spiro atoms. The molecule has 0 radical (unpaired) electrons. The SMILES string of the molecule is CC(C)(C)C(=O)C(Oc1cccc(F)n1)n1cccc1. The maximum atomic E-state index is 13.1. The number of carbonyl (C=O) groups is 1. The van der Waals surface area contributed by atoms with Gasteiger partial charge in [0.25, 0.3) is 0 Å². The zero-order chi connectivity index (χ0) is 14.8. The molecule has 0 saturated heterocycles. The van der Waals surface area contributed by atoms with Gasteiger partial charge in [-0.15, -0.1) is 0 Å². The monoisotopic (exact) mass is 276 g/mol. The summed E-state index contributed by atoms with van der Waals surface area (Å²) >= 11 is 0. The van der Waals surface area contributed by atoms with Crippen LogP contribution >= 0.6 is 0 Å². The average Bonchev–Trinajstić information content (AvgIpc) is 2.87. The molecule has 0 aromatic carbocycles. The fraction of sp³-hybridized carbons (Fsp3) is 0.333. The van der Waals surface area contributed by atoms with Crippen LogP contribution in [0.2, 0.25) is 0 Å². The lowest BCUT2D eigenvalue weighted by molar-refractivity contribution is -0.137. The fourth-order valence-corrected chi connectivity index (χ4v) is 1.69. The first-order chi connectivity index (χ1) is 9.38. The van der Waals surface area contributed by atoms with E-state index in [9.17, 15) is 9.18 Å². The first kappa shape index (κ1) is 14.2. The maximum absolute atomic E-state index is 13.1. The van der Waals surface area contributed by atoms with E-state index >= 15 is 0 Å². The Morgan fingerprint density at radius 3 is 2.45 bits per heavy atom. The highest BCUT2D eigenvalue weighted by Gasteiger charge is 2.32. The summed E-state index contributed by atoms with van der Waals surface area (Å²) in [6.07, 6.45) is 2.60. The van der Waals surface area contributed by atoms with Crippen LogP contribution in [0.15, 0.2) is 42.7 Å². The molecule has 0 saturated carbocycles. The third-order valence-corrected chi connectivity index (χ3v) is 2.78. The largest absolute Gasteiger partial charge is 0.446 e. The first-order valence-corrected chi connectivity index (χ1v) is 6.34. The molecule has 0 aliphatic rings. The van der Waals surface area contributed by atoms with Crippen molar-refractivity contribution in [1.29, 1.82) is 0 Å². The molecule has 0 amide bonds. The van der Waals surface area contributed by atoms with Crippen LogP contribution in [0.25, 0.3) is 0 Å². The molecule has 5 heteroatoms. The summed E-state index contributed by atoms with van der Waals surface area (Å²) in [5, 5.41) is 0.